The zero-order valence-corrected chi connectivity index (χ0v) is 10.6. The van der Waals surface area contributed by atoms with Crippen molar-refractivity contribution in [3.8, 4) is 5.75 Å². The first-order chi connectivity index (χ1) is 9.15. The lowest BCUT2D eigenvalue weighted by Crippen LogP contribution is -2.20. The number of amides is 1. The van der Waals surface area contributed by atoms with Gasteiger partial charge in [0.05, 0.1) is 12.3 Å². The van der Waals surface area contributed by atoms with Gasteiger partial charge in [-0.25, -0.2) is 0 Å². The molecular weight excluding hydrogens is 244 g/mol. The van der Waals surface area contributed by atoms with Crippen LogP contribution in [0.5, 0.6) is 5.75 Å². The minimum Gasteiger partial charge on any atom is -0.484 e. The Morgan fingerprint density at radius 3 is 2.95 bits per heavy atom. The van der Waals surface area contributed by atoms with Gasteiger partial charge in [-0.3, -0.25) is 4.79 Å². The van der Waals surface area contributed by atoms with Gasteiger partial charge in [-0.1, -0.05) is 6.07 Å². The number of rotatable bonds is 6. The minimum atomic E-state index is -0.498. The van der Waals surface area contributed by atoms with Crippen molar-refractivity contribution in [2.24, 2.45) is 5.73 Å². The predicted molar refractivity (Wildman–Crippen MR) is 71.9 cm³/mol. The Kier molecular flexibility index (Phi) is 4.07. The lowest BCUT2D eigenvalue weighted by atomic mass is 10.2. The molecule has 19 heavy (non-hydrogen) atoms. The van der Waals surface area contributed by atoms with Crippen molar-refractivity contribution in [2.45, 2.75) is 13.0 Å². The number of hydrogen-bond donors (Lipinski definition) is 2. The molecule has 3 N–H and O–H groups in total. The quantitative estimate of drug-likeness (QED) is 0.835. The van der Waals surface area contributed by atoms with Gasteiger partial charge in [0.15, 0.2) is 6.61 Å². The summed E-state index contributed by atoms with van der Waals surface area (Å²) in [7, 11) is 0. The van der Waals surface area contributed by atoms with Gasteiger partial charge in [0.25, 0.3) is 5.91 Å². The van der Waals surface area contributed by atoms with E-state index in [0.717, 1.165) is 11.4 Å². The number of furan rings is 1. The second kappa shape index (κ2) is 5.95. The topological polar surface area (TPSA) is 77.5 Å². The number of nitrogens with one attached hydrogen (secondary N) is 1. The molecule has 1 heterocycles. The van der Waals surface area contributed by atoms with Crippen molar-refractivity contribution in [3.05, 3.63) is 48.4 Å². The van der Waals surface area contributed by atoms with Crippen molar-refractivity contribution >= 4 is 11.6 Å². The summed E-state index contributed by atoms with van der Waals surface area (Å²) in [6.07, 6.45) is 1.64. The molecule has 1 unspecified atom stereocenters. The highest BCUT2D eigenvalue weighted by molar-refractivity contribution is 5.75. The van der Waals surface area contributed by atoms with Crippen LogP contribution in [0.2, 0.25) is 0 Å². The van der Waals surface area contributed by atoms with Crippen LogP contribution in [0, 0.1) is 0 Å². The second-order valence-electron chi connectivity index (χ2n) is 4.16. The maximum Gasteiger partial charge on any atom is 0.255 e. The largest absolute Gasteiger partial charge is 0.484 e. The van der Waals surface area contributed by atoms with Crippen LogP contribution in [-0.2, 0) is 4.79 Å². The molecule has 1 aromatic heterocycles. The molecule has 2 aromatic rings. The third-order valence-corrected chi connectivity index (χ3v) is 2.57. The molecule has 0 aliphatic carbocycles. The van der Waals surface area contributed by atoms with Gasteiger partial charge < -0.3 is 20.2 Å². The third-order valence-electron chi connectivity index (χ3n) is 2.57. The predicted octanol–water partition coefficient (Wildman–Crippen LogP) is 2.32. The van der Waals surface area contributed by atoms with E-state index in [0.29, 0.717) is 5.75 Å². The molecule has 1 atom stereocenters. The minimum absolute atomic E-state index is 0.0430. The van der Waals surface area contributed by atoms with Crippen LogP contribution in [0.25, 0.3) is 0 Å². The van der Waals surface area contributed by atoms with Crippen molar-refractivity contribution in [3.63, 3.8) is 0 Å². The van der Waals surface area contributed by atoms with Crippen LogP contribution in [-0.4, -0.2) is 12.5 Å². The highest BCUT2D eigenvalue weighted by Gasteiger charge is 2.08. The van der Waals surface area contributed by atoms with Crippen LogP contribution in [0.1, 0.15) is 18.7 Å². The van der Waals surface area contributed by atoms with Gasteiger partial charge in [-0.05, 0) is 31.2 Å². The standard InChI is InChI=1S/C14H16N2O3/c1-10(13-6-3-7-18-13)16-11-4-2-5-12(8-11)19-9-14(15)17/h2-8,10,16H,9H2,1H3,(H2,15,17). The summed E-state index contributed by atoms with van der Waals surface area (Å²) in [4.78, 5) is 10.7. The molecule has 0 fully saturated rings. The van der Waals surface area contributed by atoms with E-state index >= 15 is 0 Å². The van der Waals surface area contributed by atoms with Crippen molar-refractivity contribution < 1.29 is 13.9 Å². The molecule has 1 aromatic carbocycles. The maximum absolute atomic E-state index is 10.7. The monoisotopic (exact) mass is 260 g/mol. The maximum atomic E-state index is 10.7. The molecule has 0 spiro atoms. The normalized spacial score (nSPS) is 11.8. The summed E-state index contributed by atoms with van der Waals surface area (Å²) in [5.74, 6) is 0.946. The summed E-state index contributed by atoms with van der Waals surface area (Å²) in [6.45, 7) is 1.87. The molecule has 1 amide bonds. The van der Waals surface area contributed by atoms with E-state index in [1.807, 2.05) is 37.3 Å². The molecule has 0 saturated carbocycles. The van der Waals surface area contributed by atoms with Crippen molar-refractivity contribution in [1.29, 1.82) is 0 Å². The van der Waals surface area contributed by atoms with Gasteiger partial charge >= 0.3 is 0 Å². The number of nitrogens with two attached hydrogens (primary N) is 1. The van der Waals surface area contributed by atoms with Crippen LogP contribution < -0.4 is 15.8 Å². The molecule has 0 bridgehead atoms. The van der Waals surface area contributed by atoms with E-state index in [2.05, 4.69) is 5.32 Å². The van der Waals surface area contributed by atoms with Gasteiger partial charge in [-0.2, -0.15) is 0 Å². The van der Waals surface area contributed by atoms with Gasteiger partial charge in [0.2, 0.25) is 0 Å². The number of hydrogen-bond acceptors (Lipinski definition) is 4. The summed E-state index contributed by atoms with van der Waals surface area (Å²) < 4.78 is 10.6. The Labute approximate surface area is 111 Å². The zero-order chi connectivity index (χ0) is 13.7. The fourth-order valence-electron chi connectivity index (χ4n) is 1.69. The first-order valence-electron chi connectivity index (χ1n) is 5.96. The first-order valence-corrected chi connectivity index (χ1v) is 5.96. The van der Waals surface area contributed by atoms with Crippen molar-refractivity contribution in [1.82, 2.24) is 0 Å². The Morgan fingerprint density at radius 2 is 2.26 bits per heavy atom. The van der Waals surface area contributed by atoms with E-state index in [1.165, 1.54) is 0 Å². The number of primary amides is 1. The lowest BCUT2D eigenvalue weighted by Gasteiger charge is -2.13. The average molecular weight is 260 g/mol. The van der Waals surface area contributed by atoms with Crippen LogP contribution in [0.15, 0.2) is 47.1 Å². The fourth-order valence-corrected chi connectivity index (χ4v) is 1.69. The molecule has 0 aliphatic heterocycles. The van der Waals surface area contributed by atoms with Crippen LogP contribution in [0.4, 0.5) is 5.69 Å². The molecule has 0 radical (unpaired) electrons. The van der Waals surface area contributed by atoms with Gasteiger partial charge in [0.1, 0.15) is 11.5 Å². The summed E-state index contributed by atoms with van der Waals surface area (Å²) in [6, 6.07) is 11.1. The summed E-state index contributed by atoms with van der Waals surface area (Å²) in [5, 5.41) is 3.28. The van der Waals surface area contributed by atoms with Crippen molar-refractivity contribution in [2.75, 3.05) is 11.9 Å². The average Bonchev–Trinajstić information content (AvgIpc) is 2.91. The van der Waals surface area contributed by atoms with E-state index in [4.69, 9.17) is 14.9 Å². The summed E-state index contributed by atoms with van der Waals surface area (Å²) >= 11 is 0. The number of anilines is 1. The highest BCUT2D eigenvalue weighted by atomic mass is 16.5. The highest BCUT2D eigenvalue weighted by Crippen LogP contribution is 2.22. The fraction of sp³-hybridized carbons (Fsp3) is 0.214. The number of benzene rings is 1. The Balaban J connectivity index is 2.00. The van der Waals surface area contributed by atoms with E-state index in [9.17, 15) is 4.79 Å². The zero-order valence-electron chi connectivity index (χ0n) is 10.6. The molecule has 5 heteroatoms. The molecule has 0 saturated heterocycles. The second-order valence-corrected chi connectivity index (χ2v) is 4.16. The van der Waals surface area contributed by atoms with Gasteiger partial charge in [0, 0.05) is 11.8 Å². The molecule has 100 valence electrons. The molecule has 2 rings (SSSR count). The number of ether oxygens (including phenoxy) is 1. The molecule has 5 nitrogen and oxygen atoms in total. The lowest BCUT2D eigenvalue weighted by molar-refractivity contribution is -0.119. The Bertz CT molecular complexity index is 537. The van der Waals surface area contributed by atoms with Crippen LogP contribution in [0.3, 0.4) is 0 Å². The molecular formula is C14H16N2O3. The smallest absolute Gasteiger partial charge is 0.255 e. The summed E-state index contributed by atoms with van der Waals surface area (Å²) in [5.41, 5.74) is 5.91. The molecule has 0 aliphatic rings. The van der Waals surface area contributed by atoms with E-state index < -0.39 is 5.91 Å². The van der Waals surface area contributed by atoms with Gasteiger partial charge in [-0.15, -0.1) is 0 Å². The SMILES string of the molecule is CC(Nc1cccc(OCC(N)=O)c1)c1ccco1. The van der Waals surface area contributed by atoms with E-state index in [1.54, 1.807) is 12.3 Å². The first kappa shape index (κ1) is 13.0. The third kappa shape index (κ3) is 3.77. The Hall–Kier alpha value is -2.43. The number of carbonyl (C=O) groups excluding carboxylic acids is 1. The van der Waals surface area contributed by atoms with Crippen LogP contribution >= 0.6 is 0 Å². The van der Waals surface area contributed by atoms with E-state index in [-0.39, 0.29) is 12.6 Å². The Morgan fingerprint density at radius 1 is 1.42 bits per heavy atom. The number of carbonyl (C=O) groups is 1.